The molecule has 1 atom stereocenters. The van der Waals surface area contributed by atoms with Gasteiger partial charge in [-0.2, -0.15) is 0 Å². The Kier molecular flexibility index (Phi) is 2.92. The maximum atomic E-state index is 13.3. The van der Waals surface area contributed by atoms with Crippen molar-refractivity contribution in [3.63, 3.8) is 0 Å². The van der Waals surface area contributed by atoms with Gasteiger partial charge in [-0.25, -0.2) is 9.18 Å². The summed E-state index contributed by atoms with van der Waals surface area (Å²) in [6, 6.07) is 3.43. The zero-order valence-electron chi connectivity index (χ0n) is 10.6. The van der Waals surface area contributed by atoms with E-state index in [9.17, 15) is 9.18 Å². The van der Waals surface area contributed by atoms with E-state index in [-0.39, 0.29) is 0 Å². The highest BCUT2D eigenvalue weighted by Gasteiger charge is 2.36. The minimum Gasteiger partial charge on any atom is -0.484 e. The molecule has 1 aromatic carbocycles. The molecule has 1 unspecified atom stereocenters. The second-order valence-electron chi connectivity index (χ2n) is 5.12. The largest absolute Gasteiger partial charge is 0.484 e. The number of anilines is 1. The average Bonchev–Trinajstić information content (AvgIpc) is 2.27. The first-order valence-corrected chi connectivity index (χ1v) is 5.78. The standard InChI is InChI=1S/C13H16FNO3/c1-8(12(16)17)15-7-13(2,3)18-11-5-4-9(14)6-10(11)15/h4-6,8H,7H2,1-3H3,(H,16,17). The summed E-state index contributed by atoms with van der Waals surface area (Å²) < 4.78 is 19.0. The molecule has 0 aliphatic carbocycles. The van der Waals surface area contributed by atoms with Crippen molar-refractivity contribution < 1.29 is 19.0 Å². The Morgan fingerprint density at radius 2 is 2.22 bits per heavy atom. The third kappa shape index (κ3) is 2.25. The summed E-state index contributed by atoms with van der Waals surface area (Å²) in [7, 11) is 0. The molecule has 0 amide bonds. The molecule has 0 aromatic heterocycles. The lowest BCUT2D eigenvalue weighted by Gasteiger charge is -2.42. The molecule has 0 spiro atoms. The Balaban J connectivity index is 2.48. The van der Waals surface area contributed by atoms with Crippen LogP contribution in [0.5, 0.6) is 5.75 Å². The molecule has 0 bridgehead atoms. The highest BCUT2D eigenvalue weighted by molar-refractivity contribution is 5.79. The van der Waals surface area contributed by atoms with E-state index in [1.165, 1.54) is 18.2 Å². The van der Waals surface area contributed by atoms with Gasteiger partial charge in [-0.1, -0.05) is 0 Å². The molecule has 18 heavy (non-hydrogen) atoms. The molecule has 0 fully saturated rings. The first-order chi connectivity index (χ1) is 8.30. The number of carbonyl (C=O) groups is 1. The van der Waals surface area contributed by atoms with E-state index in [2.05, 4.69) is 0 Å². The Morgan fingerprint density at radius 3 is 2.83 bits per heavy atom. The van der Waals surface area contributed by atoms with Crippen LogP contribution < -0.4 is 9.64 Å². The zero-order chi connectivity index (χ0) is 13.5. The van der Waals surface area contributed by atoms with Crippen molar-refractivity contribution in [3.05, 3.63) is 24.0 Å². The molecule has 98 valence electrons. The maximum absolute atomic E-state index is 13.3. The highest BCUT2D eigenvalue weighted by Crippen LogP contribution is 2.38. The van der Waals surface area contributed by atoms with Crippen molar-refractivity contribution in [1.29, 1.82) is 0 Å². The van der Waals surface area contributed by atoms with Gasteiger partial charge in [-0.15, -0.1) is 0 Å². The second-order valence-corrected chi connectivity index (χ2v) is 5.12. The van der Waals surface area contributed by atoms with Gasteiger partial charge < -0.3 is 14.7 Å². The van der Waals surface area contributed by atoms with Gasteiger partial charge in [0.1, 0.15) is 23.2 Å². The van der Waals surface area contributed by atoms with Crippen LogP contribution in [0.15, 0.2) is 18.2 Å². The van der Waals surface area contributed by atoms with Gasteiger partial charge in [-0.05, 0) is 32.9 Å². The van der Waals surface area contributed by atoms with Crippen LogP contribution in [0, 0.1) is 5.82 Å². The number of ether oxygens (including phenoxy) is 1. The van der Waals surface area contributed by atoms with E-state index in [0.717, 1.165) is 0 Å². The monoisotopic (exact) mass is 253 g/mol. The SMILES string of the molecule is CC(C(=O)O)N1CC(C)(C)Oc2ccc(F)cc21. The minimum atomic E-state index is -0.942. The number of halogens is 1. The van der Waals surface area contributed by atoms with Gasteiger partial charge in [0.15, 0.2) is 0 Å². The summed E-state index contributed by atoms with van der Waals surface area (Å²) in [5.74, 6) is -0.830. The molecule has 5 heteroatoms. The molecule has 2 rings (SSSR count). The average molecular weight is 253 g/mol. The van der Waals surface area contributed by atoms with Gasteiger partial charge in [0.2, 0.25) is 0 Å². The molecule has 1 aliphatic heterocycles. The van der Waals surface area contributed by atoms with Crippen molar-refractivity contribution in [2.24, 2.45) is 0 Å². The Morgan fingerprint density at radius 1 is 1.56 bits per heavy atom. The van der Waals surface area contributed by atoms with E-state index in [1.807, 2.05) is 13.8 Å². The molecule has 1 heterocycles. The molecule has 4 nitrogen and oxygen atoms in total. The minimum absolute atomic E-state index is 0.400. The van der Waals surface area contributed by atoms with Crippen LogP contribution in [0.3, 0.4) is 0 Å². The molecule has 0 saturated heterocycles. The predicted molar refractivity (Wildman–Crippen MR) is 65.6 cm³/mol. The highest BCUT2D eigenvalue weighted by atomic mass is 19.1. The number of carboxylic acid groups (broad SMARTS) is 1. The van der Waals surface area contributed by atoms with Gasteiger partial charge in [-0.3, -0.25) is 0 Å². The van der Waals surface area contributed by atoms with E-state index in [0.29, 0.717) is 18.0 Å². The number of carboxylic acids is 1. The van der Waals surface area contributed by atoms with Crippen molar-refractivity contribution >= 4 is 11.7 Å². The lowest BCUT2D eigenvalue weighted by Crippen LogP contribution is -2.52. The van der Waals surface area contributed by atoms with E-state index in [1.54, 1.807) is 11.8 Å². The van der Waals surface area contributed by atoms with Crippen LogP contribution in [0.2, 0.25) is 0 Å². The van der Waals surface area contributed by atoms with Crippen LogP contribution in [-0.4, -0.2) is 29.3 Å². The van der Waals surface area contributed by atoms with Crippen LogP contribution in [0.25, 0.3) is 0 Å². The molecular formula is C13H16FNO3. The van der Waals surface area contributed by atoms with Gasteiger partial charge >= 0.3 is 5.97 Å². The van der Waals surface area contributed by atoms with Gasteiger partial charge in [0.25, 0.3) is 0 Å². The fourth-order valence-corrected chi connectivity index (χ4v) is 2.11. The summed E-state index contributed by atoms with van der Waals surface area (Å²) in [6.07, 6.45) is 0. The number of aliphatic carboxylic acids is 1. The molecule has 1 aliphatic rings. The number of nitrogens with zero attached hydrogens (tertiary/aromatic N) is 1. The first kappa shape index (κ1) is 12.7. The van der Waals surface area contributed by atoms with Gasteiger partial charge in [0.05, 0.1) is 12.2 Å². The number of benzene rings is 1. The molecule has 1 aromatic rings. The van der Waals surface area contributed by atoms with Crippen molar-refractivity contribution in [2.75, 3.05) is 11.4 Å². The van der Waals surface area contributed by atoms with Crippen LogP contribution in [-0.2, 0) is 4.79 Å². The molecule has 0 radical (unpaired) electrons. The van der Waals surface area contributed by atoms with Crippen molar-refractivity contribution in [3.8, 4) is 5.75 Å². The van der Waals surface area contributed by atoms with Crippen LogP contribution >= 0.6 is 0 Å². The normalized spacial score (nSPS) is 18.8. The van der Waals surface area contributed by atoms with E-state index < -0.39 is 23.4 Å². The summed E-state index contributed by atoms with van der Waals surface area (Å²) in [5.41, 5.74) is -0.0154. The quantitative estimate of drug-likeness (QED) is 0.878. The van der Waals surface area contributed by atoms with E-state index >= 15 is 0 Å². The molecular weight excluding hydrogens is 237 g/mol. The Labute approximate surface area is 105 Å². The third-order valence-electron chi connectivity index (χ3n) is 2.99. The summed E-state index contributed by atoms with van der Waals surface area (Å²) in [5, 5.41) is 9.12. The fraction of sp³-hybridized carbons (Fsp3) is 0.462. The third-order valence-corrected chi connectivity index (χ3v) is 2.99. The van der Waals surface area contributed by atoms with Crippen LogP contribution in [0.4, 0.5) is 10.1 Å². The summed E-state index contributed by atoms with van der Waals surface area (Å²) >= 11 is 0. The number of hydrogen-bond acceptors (Lipinski definition) is 3. The van der Waals surface area contributed by atoms with Crippen molar-refractivity contribution in [1.82, 2.24) is 0 Å². The topological polar surface area (TPSA) is 49.8 Å². The lowest BCUT2D eigenvalue weighted by atomic mass is 10.0. The molecule has 0 saturated carbocycles. The fourth-order valence-electron chi connectivity index (χ4n) is 2.11. The van der Waals surface area contributed by atoms with Crippen LogP contribution in [0.1, 0.15) is 20.8 Å². The maximum Gasteiger partial charge on any atom is 0.326 e. The van der Waals surface area contributed by atoms with E-state index in [4.69, 9.17) is 9.84 Å². The number of hydrogen-bond donors (Lipinski definition) is 1. The Hall–Kier alpha value is -1.78. The second kappa shape index (κ2) is 4.15. The number of fused-ring (bicyclic) bond motifs is 1. The lowest BCUT2D eigenvalue weighted by molar-refractivity contribution is -0.138. The van der Waals surface area contributed by atoms with Gasteiger partial charge in [0, 0.05) is 6.07 Å². The first-order valence-electron chi connectivity index (χ1n) is 5.78. The predicted octanol–water partition coefficient (Wildman–Crippen LogP) is 2.28. The summed E-state index contributed by atoms with van der Waals surface area (Å²) in [6.45, 7) is 5.73. The van der Waals surface area contributed by atoms with Crippen molar-refractivity contribution in [2.45, 2.75) is 32.4 Å². The Bertz CT molecular complexity index is 487. The number of rotatable bonds is 2. The summed E-state index contributed by atoms with van der Waals surface area (Å²) in [4.78, 5) is 12.8. The molecule has 1 N–H and O–H groups in total. The smallest absolute Gasteiger partial charge is 0.326 e. The zero-order valence-corrected chi connectivity index (χ0v) is 10.6.